The first kappa shape index (κ1) is 19.3. The summed E-state index contributed by atoms with van der Waals surface area (Å²) >= 11 is 5.75. The predicted molar refractivity (Wildman–Crippen MR) is 96.4 cm³/mol. The van der Waals surface area contributed by atoms with Crippen molar-refractivity contribution in [3.8, 4) is 5.75 Å². The van der Waals surface area contributed by atoms with E-state index < -0.39 is 24.4 Å². The monoisotopic (exact) mass is 376 g/mol. The largest absolute Gasteiger partial charge is 0.497 e. The van der Waals surface area contributed by atoms with Crippen molar-refractivity contribution < 1.29 is 23.9 Å². The second-order valence-corrected chi connectivity index (χ2v) is 5.57. The van der Waals surface area contributed by atoms with Gasteiger partial charge in [-0.1, -0.05) is 17.7 Å². The second-order valence-electron chi connectivity index (χ2n) is 5.13. The van der Waals surface area contributed by atoms with E-state index in [0.29, 0.717) is 22.0 Å². The zero-order valence-corrected chi connectivity index (χ0v) is 14.7. The van der Waals surface area contributed by atoms with Crippen LogP contribution in [0.2, 0.25) is 5.02 Å². The molecule has 2 aromatic rings. The average molecular weight is 377 g/mol. The van der Waals surface area contributed by atoms with Gasteiger partial charge in [-0.3, -0.25) is 14.4 Å². The molecule has 0 heterocycles. The van der Waals surface area contributed by atoms with Crippen molar-refractivity contribution in [2.75, 3.05) is 25.6 Å². The fourth-order valence-electron chi connectivity index (χ4n) is 1.95. The van der Waals surface area contributed by atoms with E-state index in [-0.39, 0.29) is 6.54 Å². The van der Waals surface area contributed by atoms with Crippen LogP contribution in [0.25, 0.3) is 0 Å². The average Bonchev–Trinajstić information content (AvgIpc) is 2.66. The molecule has 2 amide bonds. The van der Waals surface area contributed by atoms with Crippen LogP contribution in [0.3, 0.4) is 0 Å². The number of nitrogens with one attached hydrogen (secondary N) is 2. The van der Waals surface area contributed by atoms with Gasteiger partial charge in [0.2, 0.25) is 0 Å². The molecule has 8 heteroatoms. The van der Waals surface area contributed by atoms with Crippen LogP contribution in [0.15, 0.2) is 48.5 Å². The molecule has 0 radical (unpaired) electrons. The number of hydrogen-bond donors (Lipinski definition) is 2. The van der Waals surface area contributed by atoms with Crippen molar-refractivity contribution in [2.45, 2.75) is 0 Å². The van der Waals surface area contributed by atoms with Gasteiger partial charge in [0.25, 0.3) is 11.8 Å². The molecule has 0 aliphatic heterocycles. The van der Waals surface area contributed by atoms with E-state index in [0.717, 1.165) is 0 Å². The quantitative estimate of drug-likeness (QED) is 0.723. The standard InChI is InChI=1S/C18H17ClN2O5/c1-25-15-4-2-3-12(9-15)18(24)20-10-17(23)26-11-16(22)21-14-7-5-13(19)6-8-14/h2-9H,10-11H2,1H3,(H,20,24)(H,21,22). The van der Waals surface area contributed by atoms with Crippen LogP contribution in [-0.4, -0.2) is 38.0 Å². The molecule has 0 fully saturated rings. The number of anilines is 1. The highest BCUT2D eigenvalue weighted by atomic mass is 35.5. The normalized spacial score (nSPS) is 9.92. The molecular weight excluding hydrogens is 360 g/mol. The number of carbonyl (C=O) groups is 3. The Morgan fingerprint density at radius 3 is 2.50 bits per heavy atom. The van der Waals surface area contributed by atoms with Crippen LogP contribution < -0.4 is 15.4 Å². The van der Waals surface area contributed by atoms with Gasteiger partial charge in [0.1, 0.15) is 12.3 Å². The maximum Gasteiger partial charge on any atom is 0.325 e. The van der Waals surface area contributed by atoms with E-state index in [1.54, 1.807) is 48.5 Å². The molecule has 0 saturated heterocycles. The topological polar surface area (TPSA) is 93.7 Å². The lowest BCUT2D eigenvalue weighted by atomic mass is 10.2. The molecule has 0 atom stereocenters. The van der Waals surface area contributed by atoms with Crippen LogP contribution in [0.5, 0.6) is 5.75 Å². The summed E-state index contributed by atoms with van der Waals surface area (Å²) < 4.78 is 9.84. The number of hydrogen-bond acceptors (Lipinski definition) is 5. The van der Waals surface area contributed by atoms with Gasteiger partial charge in [-0.2, -0.15) is 0 Å². The summed E-state index contributed by atoms with van der Waals surface area (Å²) in [5, 5.41) is 5.51. The zero-order chi connectivity index (χ0) is 18.9. The first-order valence-corrected chi connectivity index (χ1v) is 7.99. The number of amides is 2. The molecule has 0 bridgehead atoms. The third-order valence-electron chi connectivity index (χ3n) is 3.22. The Morgan fingerprint density at radius 2 is 1.81 bits per heavy atom. The third kappa shape index (κ3) is 6.10. The minimum absolute atomic E-state index is 0.345. The van der Waals surface area contributed by atoms with E-state index in [9.17, 15) is 14.4 Å². The van der Waals surface area contributed by atoms with Gasteiger partial charge in [0.15, 0.2) is 6.61 Å². The molecule has 2 aromatic carbocycles. The molecule has 0 aliphatic rings. The van der Waals surface area contributed by atoms with Gasteiger partial charge >= 0.3 is 5.97 Å². The third-order valence-corrected chi connectivity index (χ3v) is 3.47. The Balaban J connectivity index is 1.73. The van der Waals surface area contributed by atoms with Gasteiger partial charge in [0, 0.05) is 16.3 Å². The summed E-state index contributed by atoms with van der Waals surface area (Å²) in [6.07, 6.45) is 0. The Labute approximate surface area is 155 Å². The van der Waals surface area contributed by atoms with E-state index in [4.69, 9.17) is 21.1 Å². The number of methoxy groups -OCH3 is 1. The maximum absolute atomic E-state index is 12.0. The number of ether oxygens (including phenoxy) is 2. The van der Waals surface area contributed by atoms with Crippen LogP contribution >= 0.6 is 11.6 Å². The highest BCUT2D eigenvalue weighted by Gasteiger charge is 2.11. The molecule has 0 aliphatic carbocycles. The number of rotatable bonds is 7. The highest BCUT2D eigenvalue weighted by Crippen LogP contribution is 2.13. The van der Waals surface area contributed by atoms with Crippen molar-refractivity contribution >= 4 is 35.1 Å². The van der Waals surface area contributed by atoms with Gasteiger partial charge in [-0.05, 0) is 42.5 Å². The number of esters is 1. The van der Waals surface area contributed by atoms with Crippen molar-refractivity contribution in [3.05, 3.63) is 59.1 Å². The smallest absolute Gasteiger partial charge is 0.325 e. The molecule has 2 rings (SSSR count). The molecule has 0 spiro atoms. The summed E-state index contributed by atoms with van der Waals surface area (Å²) in [6, 6.07) is 13.0. The molecule has 0 aromatic heterocycles. The highest BCUT2D eigenvalue weighted by molar-refractivity contribution is 6.30. The molecule has 26 heavy (non-hydrogen) atoms. The lowest BCUT2D eigenvalue weighted by Crippen LogP contribution is -2.32. The Morgan fingerprint density at radius 1 is 1.08 bits per heavy atom. The van der Waals surface area contributed by atoms with E-state index in [1.807, 2.05) is 0 Å². The maximum atomic E-state index is 12.0. The van der Waals surface area contributed by atoms with Crippen LogP contribution in [-0.2, 0) is 14.3 Å². The fourth-order valence-corrected chi connectivity index (χ4v) is 2.07. The van der Waals surface area contributed by atoms with Gasteiger partial charge in [-0.15, -0.1) is 0 Å². The first-order chi connectivity index (χ1) is 12.5. The van der Waals surface area contributed by atoms with E-state index in [2.05, 4.69) is 10.6 Å². The Hall–Kier alpha value is -3.06. The summed E-state index contributed by atoms with van der Waals surface area (Å²) in [7, 11) is 1.49. The SMILES string of the molecule is COc1cccc(C(=O)NCC(=O)OCC(=O)Nc2ccc(Cl)cc2)c1. The Kier molecular flexibility index (Phi) is 6.99. The summed E-state index contributed by atoms with van der Waals surface area (Å²) in [4.78, 5) is 35.3. The first-order valence-electron chi connectivity index (χ1n) is 7.61. The van der Waals surface area contributed by atoms with Crippen molar-refractivity contribution in [1.29, 1.82) is 0 Å². The second kappa shape index (κ2) is 9.43. The van der Waals surface area contributed by atoms with Gasteiger partial charge in [-0.25, -0.2) is 0 Å². The van der Waals surface area contributed by atoms with Crippen molar-refractivity contribution in [3.63, 3.8) is 0 Å². The lowest BCUT2D eigenvalue weighted by molar-refractivity contribution is -0.146. The van der Waals surface area contributed by atoms with Crippen molar-refractivity contribution in [1.82, 2.24) is 5.32 Å². The van der Waals surface area contributed by atoms with E-state index in [1.165, 1.54) is 7.11 Å². The number of halogens is 1. The minimum atomic E-state index is -0.729. The summed E-state index contributed by atoms with van der Waals surface area (Å²) in [5.74, 6) is -1.15. The number of benzene rings is 2. The fraction of sp³-hybridized carbons (Fsp3) is 0.167. The molecule has 0 unspecified atom stereocenters. The zero-order valence-electron chi connectivity index (χ0n) is 14.0. The van der Waals surface area contributed by atoms with Gasteiger partial charge < -0.3 is 20.1 Å². The predicted octanol–water partition coefficient (Wildman–Crippen LogP) is 2.26. The molecule has 0 saturated carbocycles. The number of carbonyl (C=O) groups excluding carboxylic acids is 3. The van der Waals surface area contributed by atoms with Gasteiger partial charge in [0.05, 0.1) is 7.11 Å². The molecular formula is C18H17ClN2O5. The summed E-state index contributed by atoms with van der Waals surface area (Å²) in [5.41, 5.74) is 0.874. The van der Waals surface area contributed by atoms with Crippen LogP contribution in [0.4, 0.5) is 5.69 Å². The summed E-state index contributed by atoms with van der Waals surface area (Å²) in [6.45, 7) is -0.819. The Bertz CT molecular complexity index is 792. The van der Waals surface area contributed by atoms with Crippen molar-refractivity contribution in [2.24, 2.45) is 0 Å². The lowest BCUT2D eigenvalue weighted by Gasteiger charge is -2.08. The van der Waals surface area contributed by atoms with Crippen LogP contribution in [0, 0.1) is 0 Å². The molecule has 7 nitrogen and oxygen atoms in total. The molecule has 136 valence electrons. The minimum Gasteiger partial charge on any atom is -0.497 e. The van der Waals surface area contributed by atoms with Crippen LogP contribution in [0.1, 0.15) is 10.4 Å². The molecule has 2 N–H and O–H groups in total. The van der Waals surface area contributed by atoms with E-state index >= 15 is 0 Å².